The Labute approximate surface area is 156 Å². The highest BCUT2D eigenvalue weighted by Crippen LogP contribution is 2.15. The van der Waals surface area contributed by atoms with Crippen LogP contribution in [0, 0.1) is 6.92 Å². The summed E-state index contributed by atoms with van der Waals surface area (Å²) in [5, 5.41) is 8.35. The van der Waals surface area contributed by atoms with Crippen LogP contribution in [0.4, 0.5) is 11.6 Å². The Morgan fingerprint density at radius 1 is 1.15 bits per heavy atom. The van der Waals surface area contributed by atoms with Crippen LogP contribution in [0.2, 0.25) is 0 Å². The first-order chi connectivity index (χ1) is 13.0. The van der Waals surface area contributed by atoms with Gasteiger partial charge in [-0.25, -0.2) is 4.98 Å². The summed E-state index contributed by atoms with van der Waals surface area (Å²) in [7, 11) is 0. The van der Waals surface area contributed by atoms with Gasteiger partial charge in [0.25, 0.3) is 11.5 Å². The van der Waals surface area contributed by atoms with E-state index in [2.05, 4.69) is 25.9 Å². The van der Waals surface area contributed by atoms with Crippen molar-refractivity contribution in [3.63, 3.8) is 0 Å². The van der Waals surface area contributed by atoms with Crippen LogP contribution in [0.3, 0.4) is 0 Å². The minimum absolute atomic E-state index is 0.0680. The predicted octanol–water partition coefficient (Wildman–Crippen LogP) is 1.03. The van der Waals surface area contributed by atoms with E-state index in [9.17, 15) is 14.4 Å². The molecule has 0 saturated heterocycles. The lowest BCUT2D eigenvalue weighted by atomic mass is 10.3. The van der Waals surface area contributed by atoms with Gasteiger partial charge in [0.1, 0.15) is 5.75 Å². The van der Waals surface area contributed by atoms with Crippen LogP contribution in [-0.4, -0.2) is 41.5 Å². The monoisotopic (exact) mass is 373 g/mol. The number of benzene rings is 1. The van der Waals surface area contributed by atoms with Gasteiger partial charge in [0.05, 0.1) is 0 Å². The number of anilines is 2. The van der Waals surface area contributed by atoms with Crippen molar-refractivity contribution in [1.29, 1.82) is 0 Å². The van der Waals surface area contributed by atoms with E-state index in [4.69, 9.17) is 4.74 Å². The van der Waals surface area contributed by atoms with Crippen molar-refractivity contribution in [2.45, 2.75) is 20.3 Å². The number of carbonyl (C=O) groups is 2. The van der Waals surface area contributed by atoms with Crippen LogP contribution in [0.25, 0.3) is 0 Å². The Kier molecular flexibility index (Phi) is 7.36. The van der Waals surface area contributed by atoms with Crippen LogP contribution in [0.1, 0.15) is 19.0 Å². The highest BCUT2D eigenvalue weighted by Gasteiger charge is 2.04. The molecule has 0 unspecified atom stereocenters. The molecule has 2 rings (SSSR count). The van der Waals surface area contributed by atoms with Crippen molar-refractivity contribution in [2.24, 2.45) is 0 Å². The number of amides is 2. The average molecular weight is 373 g/mol. The average Bonchev–Trinajstić information content (AvgIpc) is 2.64. The SMILES string of the molecule is CCC(=O)Nc1ccc(OCC(=O)NCCNc2nc(C)cc(=O)[nH]2)cc1. The fraction of sp³-hybridized carbons (Fsp3) is 0.333. The van der Waals surface area contributed by atoms with Crippen LogP contribution in [-0.2, 0) is 9.59 Å². The van der Waals surface area contributed by atoms with E-state index in [1.54, 1.807) is 38.1 Å². The molecule has 1 aromatic carbocycles. The van der Waals surface area contributed by atoms with E-state index < -0.39 is 0 Å². The molecule has 9 nitrogen and oxygen atoms in total. The topological polar surface area (TPSA) is 125 Å². The second-order valence-corrected chi connectivity index (χ2v) is 5.73. The fourth-order valence-corrected chi connectivity index (χ4v) is 2.13. The molecule has 1 aromatic heterocycles. The van der Waals surface area contributed by atoms with Gasteiger partial charge in [-0.3, -0.25) is 19.4 Å². The number of aryl methyl sites for hydroxylation is 1. The zero-order valence-corrected chi connectivity index (χ0v) is 15.3. The first kappa shape index (κ1) is 20.0. The van der Waals surface area contributed by atoms with Gasteiger partial charge in [-0.15, -0.1) is 0 Å². The molecule has 0 aliphatic rings. The van der Waals surface area contributed by atoms with Gasteiger partial charge >= 0.3 is 0 Å². The van der Waals surface area contributed by atoms with E-state index in [-0.39, 0.29) is 24.0 Å². The smallest absolute Gasteiger partial charge is 0.258 e. The van der Waals surface area contributed by atoms with Gasteiger partial charge in [-0.2, -0.15) is 0 Å². The van der Waals surface area contributed by atoms with Crippen LogP contribution < -0.4 is 26.2 Å². The zero-order chi connectivity index (χ0) is 19.6. The predicted molar refractivity (Wildman–Crippen MR) is 102 cm³/mol. The zero-order valence-electron chi connectivity index (χ0n) is 15.3. The number of rotatable bonds is 9. The molecule has 4 N–H and O–H groups in total. The molecule has 27 heavy (non-hydrogen) atoms. The molecule has 0 aliphatic heterocycles. The molecule has 0 fully saturated rings. The number of hydrogen-bond donors (Lipinski definition) is 4. The Bertz CT molecular complexity index is 832. The summed E-state index contributed by atoms with van der Waals surface area (Å²) >= 11 is 0. The summed E-state index contributed by atoms with van der Waals surface area (Å²) < 4.78 is 5.40. The van der Waals surface area contributed by atoms with Gasteiger partial charge in [0, 0.05) is 37.0 Å². The summed E-state index contributed by atoms with van der Waals surface area (Å²) in [5.74, 6) is 0.549. The highest BCUT2D eigenvalue weighted by atomic mass is 16.5. The number of nitrogens with zero attached hydrogens (tertiary/aromatic N) is 1. The van der Waals surface area contributed by atoms with Crippen molar-refractivity contribution in [3.05, 3.63) is 46.4 Å². The Hall–Kier alpha value is -3.36. The van der Waals surface area contributed by atoms with Gasteiger partial charge in [-0.1, -0.05) is 6.92 Å². The van der Waals surface area contributed by atoms with Crippen molar-refractivity contribution >= 4 is 23.5 Å². The number of aromatic amines is 1. The maximum absolute atomic E-state index is 11.8. The van der Waals surface area contributed by atoms with E-state index >= 15 is 0 Å². The molecule has 2 amide bonds. The number of aromatic nitrogens is 2. The summed E-state index contributed by atoms with van der Waals surface area (Å²) in [5.41, 5.74) is 1.05. The van der Waals surface area contributed by atoms with Crippen molar-refractivity contribution in [2.75, 3.05) is 30.3 Å². The summed E-state index contributed by atoms with van der Waals surface area (Å²) in [6.45, 7) is 4.13. The van der Waals surface area contributed by atoms with E-state index in [1.807, 2.05) is 0 Å². The quantitative estimate of drug-likeness (QED) is 0.487. The minimum Gasteiger partial charge on any atom is -0.484 e. The fourth-order valence-electron chi connectivity index (χ4n) is 2.13. The molecule has 0 atom stereocenters. The normalized spacial score (nSPS) is 10.1. The maximum atomic E-state index is 11.8. The lowest BCUT2D eigenvalue weighted by Crippen LogP contribution is -2.33. The van der Waals surface area contributed by atoms with Crippen LogP contribution in [0.5, 0.6) is 5.75 Å². The Morgan fingerprint density at radius 2 is 1.89 bits per heavy atom. The molecule has 0 spiro atoms. The third-order valence-corrected chi connectivity index (χ3v) is 3.44. The second-order valence-electron chi connectivity index (χ2n) is 5.73. The van der Waals surface area contributed by atoms with Gasteiger partial charge in [0.15, 0.2) is 6.61 Å². The molecular weight excluding hydrogens is 350 g/mol. The maximum Gasteiger partial charge on any atom is 0.258 e. The number of H-pyrrole nitrogens is 1. The van der Waals surface area contributed by atoms with Crippen LogP contribution >= 0.6 is 0 Å². The van der Waals surface area contributed by atoms with E-state index in [1.165, 1.54) is 6.07 Å². The molecule has 144 valence electrons. The molecular formula is C18H23N5O4. The molecule has 0 saturated carbocycles. The molecule has 0 radical (unpaired) electrons. The van der Waals surface area contributed by atoms with E-state index in [0.29, 0.717) is 42.6 Å². The summed E-state index contributed by atoms with van der Waals surface area (Å²) in [6.07, 6.45) is 0.406. The molecule has 0 bridgehead atoms. The van der Waals surface area contributed by atoms with Crippen molar-refractivity contribution in [3.8, 4) is 5.75 Å². The molecule has 1 heterocycles. The third-order valence-electron chi connectivity index (χ3n) is 3.44. The third kappa shape index (κ3) is 7.18. The van der Waals surface area contributed by atoms with Gasteiger partial charge in [0.2, 0.25) is 11.9 Å². The van der Waals surface area contributed by atoms with Crippen molar-refractivity contribution in [1.82, 2.24) is 15.3 Å². The standard InChI is InChI=1S/C18H23N5O4/c1-3-15(24)22-13-4-6-14(7-5-13)27-11-17(26)19-8-9-20-18-21-12(2)10-16(25)23-18/h4-7,10H,3,8-9,11H2,1-2H3,(H,19,26)(H,22,24)(H2,20,21,23,25). The summed E-state index contributed by atoms with van der Waals surface area (Å²) in [4.78, 5) is 41.1. The molecule has 9 heteroatoms. The largest absolute Gasteiger partial charge is 0.484 e. The number of hydrogen-bond acceptors (Lipinski definition) is 6. The lowest BCUT2D eigenvalue weighted by molar-refractivity contribution is -0.123. The first-order valence-corrected chi connectivity index (χ1v) is 8.57. The first-order valence-electron chi connectivity index (χ1n) is 8.57. The van der Waals surface area contributed by atoms with Gasteiger partial charge in [-0.05, 0) is 31.2 Å². The van der Waals surface area contributed by atoms with Crippen LogP contribution in [0.15, 0.2) is 35.1 Å². The molecule has 2 aromatic rings. The Balaban J connectivity index is 1.67. The summed E-state index contributed by atoms with van der Waals surface area (Å²) in [6, 6.07) is 8.18. The number of ether oxygens (including phenoxy) is 1. The van der Waals surface area contributed by atoms with Crippen molar-refractivity contribution < 1.29 is 14.3 Å². The lowest BCUT2D eigenvalue weighted by Gasteiger charge is -2.09. The van der Waals surface area contributed by atoms with Gasteiger partial charge < -0.3 is 20.7 Å². The number of nitrogens with one attached hydrogen (secondary N) is 4. The minimum atomic E-state index is -0.272. The molecule has 0 aliphatic carbocycles. The number of carbonyl (C=O) groups excluding carboxylic acids is 2. The highest BCUT2D eigenvalue weighted by molar-refractivity contribution is 5.90. The van der Waals surface area contributed by atoms with E-state index in [0.717, 1.165) is 0 Å². The Morgan fingerprint density at radius 3 is 2.56 bits per heavy atom. The second kappa shape index (κ2) is 9.95.